The number of methoxy groups -OCH3 is 1. The highest BCUT2D eigenvalue weighted by atomic mass is 32.2. The van der Waals surface area contributed by atoms with Crippen LogP contribution in [0.25, 0.3) is 6.08 Å². The Bertz CT molecular complexity index is 1080. The van der Waals surface area contributed by atoms with Gasteiger partial charge in [-0.25, -0.2) is 0 Å². The fourth-order valence-corrected chi connectivity index (χ4v) is 3.23. The minimum atomic E-state index is -4.79. The molecule has 7 nitrogen and oxygen atoms in total. The molecule has 0 atom stereocenters. The fourth-order valence-electron chi connectivity index (χ4n) is 2.54. The average Bonchev–Trinajstić information content (AvgIpc) is 2.99. The zero-order valence-corrected chi connectivity index (χ0v) is 16.0. The van der Waals surface area contributed by atoms with Gasteiger partial charge in [-0.05, 0) is 53.7 Å². The number of nitrogens with one attached hydrogen (secondary N) is 1. The van der Waals surface area contributed by atoms with Crippen LogP contribution in [-0.4, -0.2) is 24.2 Å². The first kappa shape index (κ1) is 21.2. The van der Waals surface area contributed by atoms with Crippen LogP contribution in [0.3, 0.4) is 0 Å². The van der Waals surface area contributed by atoms with Gasteiger partial charge >= 0.3 is 6.18 Å². The lowest BCUT2D eigenvalue weighted by molar-refractivity contribution is -0.138. The van der Waals surface area contributed by atoms with Crippen LogP contribution in [0.5, 0.6) is 17.2 Å². The molecule has 0 spiro atoms. The average molecular weight is 438 g/mol. The fraction of sp³-hybridized carbons (Fsp3) is 0.105. The van der Waals surface area contributed by atoms with Gasteiger partial charge in [-0.2, -0.15) is 13.2 Å². The van der Waals surface area contributed by atoms with Crippen LogP contribution >= 0.6 is 11.8 Å². The zero-order chi connectivity index (χ0) is 22.1. The third kappa shape index (κ3) is 4.57. The molecule has 0 saturated carbocycles. The van der Waals surface area contributed by atoms with Crippen molar-refractivity contribution in [3.8, 4) is 17.2 Å². The van der Waals surface area contributed by atoms with Crippen LogP contribution in [0, 0.1) is 0 Å². The Balaban J connectivity index is 1.96. The van der Waals surface area contributed by atoms with Gasteiger partial charge in [-0.1, -0.05) is 6.07 Å². The molecule has 0 unspecified atom stereocenters. The van der Waals surface area contributed by atoms with Gasteiger partial charge in [0.1, 0.15) is 5.75 Å². The second kappa shape index (κ2) is 8.11. The van der Waals surface area contributed by atoms with E-state index in [4.69, 9.17) is 15.2 Å². The number of imide groups is 1. The first-order valence-corrected chi connectivity index (χ1v) is 9.02. The molecule has 3 amide bonds. The Labute approximate surface area is 172 Å². The number of nitrogens with two attached hydrogens (primary N) is 1. The number of hydrogen-bond donors (Lipinski definition) is 2. The number of thioether (sulfide) groups is 1. The van der Waals surface area contributed by atoms with Crippen molar-refractivity contribution in [1.29, 1.82) is 0 Å². The van der Waals surface area contributed by atoms with Gasteiger partial charge in [0.15, 0.2) is 11.5 Å². The lowest BCUT2D eigenvalue weighted by Gasteiger charge is -2.16. The van der Waals surface area contributed by atoms with Gasteiger partial charge in [0.2, 0.25) is 5.91 Å². The third-order valence-corrected chi connectivity index (χ3v) is 4.73. The van der Waals surface area contributed by atoms with Crippen molar-refractivity contribution in [2.45, 2.75) is 6.18 Å². The lowest BCUT2D eigenvalue weighted by Crippen LogP contribution is -2.17. The molecule has 2 aromatic rings. The molecular formula is C19H13F3N2O5S. The maximum absolute atomic E-state index is 13.4. The van der Waals surface area contributed by atoms with E-state index in [2.05, 4.69) is 5.32 Å². The number of carbonyl (C=O) groups is 3. The predicted octanol–water partition coefficient (Wildman–Crippen LogP) is 3.93. The standard InChI is InChI=1S/C19H13F3N2O5S/c1-28-14-6-9(7-15-17(26)24-18(27)30-15)2-4-13(14)29-12-5-3-10(16(23)25)8-11(12)19(20,21)22/h2-8H,1H3,(H2,23,25)(H,24,26,27)/b15-7+. The summed E-state index contributed by atoms with van der Waals surface area (Å²) in [6, 6.07) is 6.98. The largest absolute Gasteiger partial charge is 0.493 e. The number of amides is 3. The normalized spacial score (nSPS) is 15.3. The van der Waals surface area contributed by atoms with Crippen LogP contribution in [0.2, 0.25) is 0 Å². The van der Waals surface area contributed by atoms with E-state index in [-0.39, 0.29) is 22.0 Å². The SMILES string of the molecule is COc1cc(/C=C2/SC(=O)NC2=O)ccc1Oc1ccc(C(N)=O)cc1C(F)(F)F. The molecule has 0 aromatic heterocycles. The summed E-state index contributed by atoms with van der Waals surface area (Å²) in [5, 5.41) is 1.61. The van der Waals surface area contributed by atoms with E-state index in [9.17, 15) is 27.6 Å². The second-order valence-electron chi connectivity index (χ2n) is 5.94. The molecule has 0 bridgehead atoms. The zero-order valence-electron chi connectivity index (χ0n) is 15.2. The van der Waals surface area contributed by atoms with Crippen molar-refractivity contribution in [3.05, 3.63) is 58.0 Å². The van der Waals surface area contributed by atoms with E-state index >= 15 is 0 Å². The van der Waals surface area contributed by atoms with E-state index in [1.54, 1.807) is 0 Å². The summed E-state index contributed by atoms with van der Waals surface area (Å²) < 4.78 is 50.8. The number of carbonyl (C=O) groups excluding carboxylic acids is 3. The van der Waals surface area contributed by atoms with Gasteiger partial charge in [-0.3, -0.25) is 19.7 Å². The highest BCUT2D eigenvalue weighted by Crippen LogP contribution is 2.41. The number of primary amides is 1. The summed E-state index contributed by atoms with van der Waals surface area (Å²) >= 11 is 0.724. The van der Waals surface area contributed by atoms with Crippen molar-refractivity contribution in [2.24, 2.45) is 5.73 Å². The Hall–Kier alpha value is -3.47. The van der Waals surface area contributed by atoms with Crippen LogP contribution in [0.15, 0.2) is 41.3 Å². The summed E-state index contributed by atoms with van der Waals surface area (Å²) in [6.45, 7) is 0. The van der Waals surface area contributed by atoms with Crippen LogP contribution in [-0.2, 0) is 11.0 Å². The predicted molar refractivity (Wildman–Crippen MR) is 102 cm³/mol. The van der Waals surface area contributed by atoms with Gasteiger partial charge in [-0.15, -0.1) is 0 Å². The summed E-state index contributed by atoms with van der Waals surface area (Å²) in [5.74, 6) is -2.04. The molecular weight excluding hydrogens is 425 g/mol. The third-order valence-electron chi connectivity index (χ3n) is 3.92. The summed E-state index contributed by atoms with van der Waals surface area (Å²) in [7, 11) is 1.29. The molecule has 1 heterocycles. The molecule has 1 saturated heterocycles. The van der Waals surface area contributed by atoms with E-state index < -0.39 is 34.5 Å². The highest BCUT2D eigenvalue weighted by molar-refractivity contribution is 8.18. The van der Waals surface area contributed by atoms with Crippen molar-refractivity contribution < 1.29 is 37.0 Å². The Morgan fingerprint density at radius 1 is 1.10 bits per heavy atom. The highest BCUT2D eigenvalue weighted by Gasteiger charge is 2.35. The molecule has 0 radical (unpaired) electrons. The number of alkyl halides is 3. The molecule has 156 valence electrons. The summed E-state index contributed by atoms with van der Waals surface area (Å²) in [5.41, 5.74) is 4.03. The second-order valence-corrected chi connectivity index (χ2v) is 6.95. The van der Waals surface area contributed by atoms with E-state index in [0.717, 1.165) is 23.9 Å². The van der Waals surface area contributed by atoms with Gasteiger partial charge in [0.05, 0.1) is 17.6 Å². The van der Waals surface area contributed by atoms with Gasteiger partial charge in [0, 0.05) is 5.56 Å². The van der Waals surface area contributed by atoms with E-state index in [1.807, 2.05) is 0 Å². The molecule has 3 rings (SSSR count). The first-order valence-electron chi connectivity index (χ1n) is 8.20. The van der Waals surface area contributed by atoms with Crippen LogP contribution in [0.1, 0.15) is 21.5 Å². The monoisotopic (exact) mass is 438 g/mol. The molecule has 30 heavy (non-hydrogen) atoms. The minimum absolute atomic E-state index is 0.0309. The van der Waals surface area contributed by atoms with Crippen LogP contribution < -0.4 is 20.5 Å². The molecule has 2 aromatic carbocycles. The van der Waals surface area contributed by atoms with Crippen molar-refractivity contribution in [3.63, 3.8) is 0 Å². The van der Waals surface area contributed by atoms with Gasteiger partial charge in [0.25, 0.3) is 11.1 Å². The number of rotatable bonds is 5. The van der Waals surface area contributed by atoms with Crippen molar-refractivity contribution in [1.82, 2.24) is 5.32 Å². The van der Waals surface area contributed by atoms with Crippen molar-refractivity contribution >= 4 is 34.9 Å². The minimum Gasteiger partial charge on any atom is -0.493 e. The number of benzene rings is 2. The Kier molecular flexibility index (Phi) is 5.74. The summed E-state index contributed by atoms with van der Waals surface area (Å²) in [4.78, 5) is 34.3. The first-order chi connectivity index (χ1) is 14.1. The molecule has 3 N–H and O–H groups in total. The lowest BCUT2D eigenvalue weighted by atomic mass is 10.1. The van der Waals surface area contributed by atoms with Gasteiger partial charge < -0.3 is 15.2 Å². The quantitative estimate of drug-likeness (QED) is 0.685. The number of ether oxygens (including phenoxy) is 2. The number of hydrogen-bond acceptors (Lipinski definition) is 6. The molecule has 1 aliphatic rings. The van der Waals surface area contributed by atoms with E-state index in [1.165, 1.54) is 31.4 Å². The summed E-state index contributed by atoms with van der Waals surface area (Å²) in [6.07, 6.45) is -3.36. The molecule has 1 fully saturated rings. The Morgan fingerprint density at radius 2 is 1.80 bits per heavy atom. The van der Waals surface area contributed by atoms with Crippen molar-refractivity contribution in [2.75, 3.05) is 7.11 Å². The molecule has 11 heteroatoms. The maximum atomic E-state index is 13.4. The number of halogens is 3. The topological polar surface area (TPSA) is 108 Å². The van der Waals surface area contributed by atoms with Crippen LogP contribution in [0.4, 0.5) is 18.0 Å². The maximum Gasteiger partial charge on any atom is 0.420 e. The smallest absolute Gasteiger partial charge is 0.420 e. The molecule has 0 aliphatic carbocycles. The van der Waals surface area contributed by atoms with E-state index in [0.29, 0.717) is 11.6 Å². The molecule has 1 aliphatic heterocycles. The Morgan fingerprint density at radius 3 is 2.37 bits per heavy atom.